The van der Waals surface area contributed by atoms with Gasteiger partial charge in [0.05, 0.1) is 0 Å². The van der Waals surface area contributed by atoms with Crippen LogP contribution in [0.25, 0.3) is 11.1 Å². The molecular formula is C17H21N3. The van der Waals surface area contributed by atoms with Crippen molar-refractivity contribution in [2.24, 2.45) is 5.73 Å². The van der Waals surface area contributed by atoms with Gasteiger partial charge in [-0.15, -0.1) is 0 Å². The van der Waals surface area contributed by atoms with Crippen molar-refractivity contribution in [3.63, 3.8) is 0 Å². The summed E-state index contributed by atoms with van der Waals surface area (Å²) in [4.78, 5) is 4.51. The Labute approximate surface area is 120 Å². The van der Waals surface area contributed by atoms with Crippen molar-refractivity contribution in [1.82, 2.24) is 4.98 Å². The molecule has 1 heterocycles. The molecule has 0 spiro atoms. The molecule has 1 aliphatic carbocycles. The van der Waals surface area contributed by atoms with Crippen LogP contribution in [-0.2, 0) is 6.54 Å². The zero-order valence-corrected chi connectivity index (χ0v) is 11.7. The SMILES string of the molecule is NCc1c(-c2ccccc2)ccnc1NC1CCCC1. The van der Waals surface area contributed by atoms with Crippen molar-refractivity contribution in [1.29, 1.82) is 0 Å². The van der Waals surface area contributed by atoms with Crippen molar-refractivity contribution in [3.05, 3.63) is 48.2 Å². The first-order chi connectivity index (χ1) is 9.88. The molecule has 3 rings (SSSR count). The van der Waals surface area contributed by atoms with Crippen LogP contribution in [0.5, 0.6) is 0 Å². The number of hydrogen-bond acceptors (Lipinski definition) is 3. The molecule has 1 aliphatic rings. The molecule has 1 aromatic carbocycles. The van der Waals surface area contributed by atoms with Crippen LogP contribution >= 0.6 is 0 Å². The number of hydrogen-bond donors (Lipinski definition) is 2. The predicted molar refractivity (Wildman–Crippen MR) is 83.4 cm³/mol. The Hall–Kier alpha value is -1.87. The average Bonchev–Trinajstić information content (AvgIpc) is 3.01. The van der Waals surface area contributed by atoms with Gasteiger partial charge in [-0.25, -0.2) is 4.98 Å². The molecule has 3 N–H and O–H groups in total. The van der Waals surface area contributed by atoms with Gasteiger partial charge in [0, 0.05) is 24.3 Å². The molecule has 0 radical (unpaired) electrons. The van der Waals surface area contributed by atoms with Gasteiger partial charge in [-0.2, -0.15) is 0 Å². The lowest BCUT2D eigenvalue weighted by atomic mass is 10.0. The quantitative estimate of drug-likeness (QED) is 0.890. The molecule has 0 unspecified atom stereocenters. The van der Waals surface area contributed by atoms with Crippen molar-refractivity contribution in [2.75, 3.05) is 5.32 Å². The molecule has 0 bridgehead atoms. The van der Waals surface area contributed by atoms with Crippen LogP contribution in [0.15, 0.2) is 42.6 Å². The van der Waals surface area contributed by atoms with E-state index >= 15 is 0 Å². The summed E-state index contributed by atoms with van der Waals surface area (Å²) in [5.41, 5.74) is 9.48. The van der Waals surface area contributed by atoms with E-state index < -0.39 is 0 Å². The van der Waals surface area contributed by atoms with Crippen molar-refractivity contribution in [3.8, 4) is 11.1 Å². The van der Waals surface area contributed by atoms with Crippen molar-refractivity contribution < 1.29 is 0 Å². The molecule has 3 nitrogen and oxygen atoms in total. The molecule has 0 saturated heterocycles. The molecule has 0 amide bonds. The zero-order valence-electron chi connectivity index (χ0n) is 11.7. The van der Waals surface area contributed by atoms with Gasteiger partial charge in [0.15, 0.2) is 0 Å². The van der Waals surface area contributed by atoms with Crippen LogP contribution < -0.4 is 11.1 Å². The Kier molecular flexibility index (Phi) is 3.97. The molecule has 1 aromatic heterocycles. The lowest BCUT2D eigenvalue weighted by Crippen LogP contribution is -2.18. The number of nitrogens with two attached hydrogens (primary N) is 1. The van der Waals surface area contributed by atoms with Gasteiger partial charge in [0.25, 0.3) is 0 Å². The maximum absolute atomic E-state index is 5.98. The number of aromatic nitrogens is 1. The molecule has 20 heavy (non-hydrogen) atoms. The van der Waals surface area contributed by atoms with Crippen molar-refractivity contribution in [2.45, 2.75) is 38.3 Å². The summed E-state index contributed by atoms with van der Waals surface area (Å²) >= 11 is 0. The lowest BCUT2D eigenvalue weighted by molar-refractivity contribution is 0.747. The summed E-state index contributed by atoms with van der Waals surface area (Å²) < 4.78 is 0. The summed E-state index contributed by atoms with van der Waals surface area (Å²) in [5, 5.41) is 3.58. The number of nitrogens with zero attached hydrogens (tertiary/aromatic N) is 1. The Bertz CT molecular complexity index is 560. The highest BCUT2D eigenvalue weighted by atomic mass is 15.0. The van der Waals surface area contributed by atoms with E-state index in [1.165, 1.54) is 36.8 Å². The zero-order chi connectivity index (χ0) is 13.8. The van der Waals surface area contributed by atoms with E-state index in [-0.39, 0.29) is 0 Å². The molecule has 0 atom stereocenters. The van der Waals surface area contributed by atoms with Gasteiger partial charge in [0.2, 0.25) is 0 Å². The van der Waals surface area contributed by atoms with Gasteiger partial charge < -0.3 is 11.1 Å². The molecule has 104 valence electrons. The predicted octanol–water partition coefficient (Wildman–Crippen LogP) is 3.56. The van der Waals surface area contributed by atoms with Crippen molar-refractivity contribution >= 4 is 5.82 Å². The topological polar surface area (TPSA) is 50.9 Å². The Morgan fingerprint density at radius 1 is 1.10 bits per heavy atom. The number of rotatable bonds is 4. The monoisotopic (exact) mass is 267 g/mol. The van der Waals surface area contributed by atoms with Crippen LogP contribution in [-0.4, -0.2) is 11.0 Å². The maximum Gasteiger partial charge on any atom is 0.131 e. The van der Waals surface area contributed by atoms with Crippen LogP contribution in [0.1, 0.15) is 31.2 Å². The van der Waals surface area contributed by atoms with Crippen LogP contribution in [0, 0.1) is 0 Å². The highest BCUT2D eigenvalue weighted by molar-refractivity contribution is 5.72. The second kappa shape index (κ2) is 6.06. The summed E-state index contributed by atoms with van der Waals surface area (Å²) in [6.45, 7) is 0.507. The Morgan fingerprint density at radius 3 is 2.55 bits per heavy atom. The third-order valence-electron chi connectivity index (χ3n) is 4.04. The minimum Gasteiger partial charge on any atom is -0.367 e. The highest BCUT2D eigenvalue weighted by Crippen LogP contribution is 2.29. The third kappa shape index (κ3) is 2.68. The number of pyridine rings is 1. The summed E-state index contributed by atoms with van der Waals surface area (Å²) in [7, 11) is 0. The van der Waals surface area contributed by atoms with Gasteiger partial charge >= 0.3 is 0 Å². The highest BCUT2D eigenvalue weighted by Gasteiger charge is 2.17. The second-order valence-corrected chi connectivity index (χ2v) is 5.38. The van der Waals surface area contributed by atoms with Crippen LogP contribution in [0.3, 0.4) is 0 Å². The fourth-order valence-electron chi connectivity index (χ4n) is 2.98. The average molecular weight is 267 g/mol. The van der Waals surface area contributed by atoms with E-state index in [9.17, 15) is 0 Å². The smallest absolute Gasteiger partial charge is 0.131 e. The molecule has 1 fully saturated rings. The lowest BCUT2D eigenvalue weighted by Gasteiger charge is -2.18. The maximum atomic E-state index is 5.98. The first-order valence-electron chi connectivity index (χ1n) is 7.38. The van der Waals surface area contributed by atoms with Crippen LogP contribution in [0.2, 0.25) is 0 Å². The summed E-state index contributed by atoms with van der Waals surface area (Å²) in [6.07, 6.45) is 6.98. The number of benzene rings is 1. The second-order valence-electron chi connectivity index (χ2n) is 5.38. The first-order valence-corrected chi connectivity index (χ1v) is 7.38. The fraction of sp³-hybridized carbons (Fsp3) is 0.353. The van der Waals surface area contributed by atoms with Gasteiger partial charge in [-0.1, -0.05) is 43.2 Å². The van der Waals surface area contributed by atoms with Gasteiger partial charge in [-0.05, 0) is 30.0 Å². The molecule has 0 aliphatic heterocycles. The fourth-order valence-corrected chi connectivity index (χ4v) is 2.98. The summed E-state index contributed by atoms with van der Waals surface area (Å²) in [6, 6.07) is 13.0. The van der Waals surface area contributed by atoms with E-state index in [1.54, 1.807) is 0 Å². The minimum atomic E-state index is 0.507. The van der Waals surface area contributed by atoms with E-state index in [1.807, 2.05) is 12.3 Å². The van der Waals surface area contributed by atoms with E-state index in [4.69, 9.17) is 5.73 Å². The third-order valence-corrected chi connectivity index (χ3v) is 4.04. The first kappa shape index (κ1) is 13.1. The largest absolute Gasteiger partial charge is 0.367 e. The number of anilines is 1. The molecule has 2 aromatic rings. The molecule has 1 saturated carbocycles. The van der Waals surface area contributed by atoms with E-state index in [0.29, 0.717) is 12.6 Å². The number of nitrogens with one attached hydrogen (secondary N) is 1. The Balaban J connectivity index is 1.95. The summed E-state index contributed by atoms with van der Waals surface area (Å²) in [5.74, 6) is 0.959. The minimum absolute atomic E-state index is 0.507. The standard InChI is InChI=1S/C17H21N3/c18-12-16-15(13-6-2-1-3-7-13)10-11-19-17(16)20-14-8-4-5-9-14/h1-3,6-7,10-11,14H,4-5,8-9,12,18H2,(H,19,20). The Morgan fingerprint density at radius 2 is 1.85 bits per heavy atom. The van der Waals surface area contributed by atoms with Gasteiger partial charge in [-0.3, -0.25) is 0 Å². The van der Waals surface area contributed by atoms with E-state index in [2.05, 4.69) is 40.6 Å². The van der Waals surface area contributed by atoms with E-state index in [0.717, 1.165) is 11.4 Å². The van der Waals surface area contributed by atoms with Crippen LogP contribution in [0.4, 0.5) is 5.82 Å². The molecular weight excluding hydrogens is 246 g/mol. The molecule has 3 heteroatoms. The van der Waals surface area contributed by atoms with Gasteiger partial charge in [0.1, 0.15) is 5.82 Å². The normalized spacial score (nSPS) is 15.4.